The van der Waals surface area contributed by atoms with Crippen LogP contribution in [0.2, 0.25) is 0 Å². The maximum Gasteiger partial charge on any atom is 0.0256 e. The van der Waals surface area contributed by atoms with Gasteiger partial charge in [-0.15, -0.1) is 0 Å². The largest absolute Gasteiger partial charge is 0.0905 e. The highest BCUT2D eigenvalue weighted by Crippen LogP contribution is 2.37. The van der Waals surface area contributed by atoms with Crippen LogP contribution in [0.1, 0.15) is 38.8 Å². The Hall–Kier alpha value is -1.34. The number of fused-ring (bicyclic) bond motifs is 1. The zero-order valence-electron chi connectivity index (χ0n) is 12.1. The average Bonchev–Trinajstić information content (AvgIpc) is 2.53. The molecule has 0 atom stereocenters. The first kappa shape index (κ1) is 15.7. The summed E-state index contributed by atoms with van der Waals surface area (Å²) in [6.07, 6.45) is 6.34. The second-order valence-corrected chi connectivity index (χ2v) is 4.97. The lowest BCUT2D eigenvalue weighted by atomic mass is 9.95. The molecule has 100 valence electrons. The maximum absolute atomic E-state index is 4.24. The van der Waals surface area contributed by atoms with Gasteiger partial charge >= 0.3 is 0 Å². The summed E-state index contributed by atoms with van der Waals surface area (Å²) in [5, 5.41) is 0. The molecule has 0 bridgehead atoms. The normalized spacial score (nSPS) is 14.6. The van der Waals surface area contributed by atoms with Crippen molar-refractivity contribution in [3.8, 4) is 0 Å². The summed E-state index contributed by atoms with van der Waals surface area (Å²) in [7, 11) is 0. The molecule has 2 rings (SSSR count). The number of hydrogen-bond acceptors (Lipinski definition) is 0. The molecule has 0 amide bonds. The molecule has 0 unspecified atom stereocenters. The molecule has 0 spiro atoms. The van der Waals surface area contributed by atoms with Gasteiger partial charge in [0.25, 0.3) is 0 Å². The molecule has 0 aliphatic heterocycles. The Morgan fingerprint density at radius 1 is 1.11 bits per heavy atom. The highest BCUT2D eigenvalue weighted by molar-refractivity contribution is 9.15. The van der Waals surface area contributed by atoms with Gasteiger partial charge in [0.15, 0.2) is 0 Å². The van der Waals surface area contributed by atoms with E-state index in [4.69, 9.17) is 0 Å². The topological polar surface area (TPSA) is 0 Å². The molecule has 1 aromatic rings. The predicted octanol–water partition coefficient (Wildman–Crippen LogP) is 6.37. The molecule has 0 saturated carbocycles. The van der Waals surface area contributed by atoms with E-state index in [2.05, 4.69) is 71.9 Å². The number of benzene rings is 1. The third-order valence-corrected chi connectivity index (χ3v) is 3.59. The summed E-state index contributed by atoms with van der Waals surface area (Å²) in [6, 6.07) is 8.34. The average molecular weight is 317 g/mol. The Morgan fingerprint density at radius 2 is 1.68 bits per heavy atom. The van der Waals surface area contributed by atoms with Crippen molar-refractivity contribution < 1.29 is 0 Å². The number of hydrogen-bond donors (Lipinski definition) is 0. The van der Waals surface area contributed by atoms with E-state index in [1.165, 1.54) is 22.3 Å². The van der Waals surface area contributed by atoms with Crippen LogP contribution in [-0.4, -0.2) is 0 Å². The Bertz CT molecular complexity index is 557. The van der Waals surface area contributed by atoms with Gasteiger partial charge in [-0.05, 0) is 47.8 Å². The first-order chi connectivity index (χ1) is 9.15. The van der Waals surface area contributed by atoms with Gasteiger partial charge in [-0.2, -0.15) is 0 Å². The van der Waals surface area contributed by atoms with E-state index in [0.29, 0.717) is 0 Å². The lowest BCUT2D eigenvalue weighted by Gasteiger charge is -2.10. The minimum atomic E-state index is 1.09. The lowest BCUT2D eigenvalue weighted by molar-refractivity contribution is 1.46. The number of rotatable bonds is 1. The zero-order chi connectivity index (χ0) is 14.4. The molecular weight excluding hydrogens is 296 g/mol. The lowest BCUT2D eigenvalue weighted by Crippen LogP contribution is -1.90. The fourth-order valence-electron chi connectivity index (χ4n) is 2.08. The molecule has 19 heavy (non-hydrogen) atoms. The molecular formula is C18H21Br. The van der Waals surface area contributed by atoms with Gasteiger partial charge in [0.2, 0.25) is 0 Å². The second-order valence-electron chi connectivity index (χ2n) is 4.11. The van der Waals surface area contributed by atoms with Crippen molar-refractivity contribution in [1.82, 2.24) is 0 Å². The summed E-state index contributed by atoms with van der Waals surface area (Å²) < 4.78 is 1.12. The Morgan fingerprint density at radius 3 is 2.26 bits per heavy atom. The van der Waals surface area contributed by atoms with Crippen molar-refractivity contribution in [2.45, 2.75) is 27.7 Å². The van der Waals surface area contributed by atoms with Crippen molar-refractivity contribution in [2.24, 2.45) is 0 Å². The van der Waals surface area contributed by atoms with Crippen LogP contribution >= 0.6 is 15.9 Å². The van der Waals surface area contributed by atoms with Gasteiger partial charge in [0.1, 0.15) is 0 Å². The van der Waals surface area contributed by atoms with Crippen LogP contribution in [0.15, 0.2) is 60.2 Å². The van der Waals surface area contributed by atoms with Crippen LogP contribution in [0.5, 0.6) is 0 Å². The van der Waals surface area contributed by atoms with Crippen LogP contribution in [0, 0.1) is 0 Å². The summed E-state index contributed by atoms with van der Waals surface area (Å²) in [4.78, 5) is 0. The van der Waals surface area contributed by atoms with Crippen LogP contribution < -0.4 is 0 Å². The molecule has 1 aromatic carbocycles. The standard InChI is InChI=1S/C16H15Br.C2H6/c1-4-7-13-11(2)10-16(17)15-9-6-5-8-14(15)12(13)3;1-2/h4-10H,3H2,1-2H3;1-2H3/b7-4-;. The van der Waals surface area contributed by atoms with Crippen LogP contribution in [0.4, 0.5) is 0 Å². The first-order valence-corrected chi connectivity index (χ1v) is 7.44. The molecule has 1 aliphatic carbocycles. The van der Waals surface area contributed by atoms with Crippen LogP contribution in [0.3, 0.4) is 0 Å². The molecule has 1 heteroatoms. The Kier molecular flexibility index (Phi) is 6.04. The van der Waals surface area contributed by atoms with Crippen molar-refractivity contribution >= 4 is 26.0 Å². The zero-order valence-corrected chi connectivity index (χ0v) is 13.7. The summed E-state index contributed by atoms with van der Waals surface area (Å²) >= 11 is 3.65. The van der Waals surface area contributed by atoms with E-state index >= 15 is 0 Å². The number of halogens is 1. The highest BCUT2D eigenvalue weighted by atomic mass is 79.9. The fraction of sp³-hybridized carbons (Fsp3) is 0.222. The van der Waals surface area contributed by atoms with Gasteiger partial charge in [-0.1, -0.05) is 72.8 Å². The molecule has 0 N–H and O–H groups in total. The van der Waals surface area contributed by atoms with Crippen molar-refractivity contribution in [1.29, 1.82) is 0 Å². The monoisotopic (exact) mass is 316 g/mol. The summed E-state index contributed by atoms with van der Waals surface area (Å²) in [5.41, 5.74) is 5.92. The molecule has 0 aromatic heterocycles. The van der Waals surface area contributed by atoms with Gasteiger partial charge in [0.05, 0.1) is 0 Å². The van der Waals surface area contributed by atoms with E-state index in [-0.39, 0.29) is 0 Å². The SMILES string of the molecule is C=C1C(/C=C\C)=C(C)C=C(Br)c2ccccc21.CC. The van der Waals surface area contributed by atoms with Crippen molar-refractivity contribution in [3.63, 3.8) is 0 Å². The second kappa shape index (κ2) is 7.30. The van der Waals surface area contributed by atoms with Crippen molar-refractivity contribution in [2.75, 3.05) is 0 Å². The Balaban J connectivity index is 0.000000861. The minimum Gasteiger partial charge on any atom is -0.0905 e. The number of allylic oxidation sites excluding steroid dienone is 6. The van der Waals surface area contributed by atoms with E-state index in [9.17, 15) is 0 Å². The molecule has 0 heterocycles. The fourth-order valence-corrected chi connectivity index (χ4v) is 2.77. The van der Waals surface area contributed by atoms with E-state index < -0.39 is 0 Å². The third-order valence-electron chi connectivity index (χ3n) is 2.94. The highest BCUT2D eigenvalue weighted by Gasteiger charge is 2.15. The summed E-state index contributed by atoms with van der Waals surface area (Å²) in [6.45, 7) is 12.4. The maximum atomic E-state index is 4.24. The van der Waals surface area contributed by atoms with E-state index in [1.54, 1.807) is 0 Å². The van der Waals surface area contributed by atoms with Gasteiger partial charge in [-0.3, -0.25) is 0 Å². The Labute approximate surface area is 125 Å². The van der Waals surface area contributed by atoms with Crippen molar-refractivity contribution in [3.05, 3.63) is 71.3 Å². The third kappa shape index (κ3) is 3.36. The molecule has 0 fully saturated rings. The van der Waals surface area contributed by atoms with Gasteiger partial charge in [0, 0.05) is 4.48 Å². The molecule has 0 nitrogen and oxygen atoms in total. The van der Waals surface area contributed by atoms with Gasteiger partial charge in [-0.25, -0.2) is 0 Å². The van der Waals surface area contributed by atoms with Crippen LogP contribution in [-0.2, 0) is 0 Å². The van der Waals surface area contributed by atoms with E-state index in [0.717, 1.165) is 10.1 Å². The molecule has 0 saturated heterocycles. The quantitative estimate of drug-likeness (QED) is 0.564. The first-order valence-electron chi connectivity index (χ1n) is 6.65. The summed E-state index contributed by atoms with van der Waals surface area (Å²) in [5.74, 6) is 0. The predicted molar refractivity (Wildman–Crippen MR) is 91.2 cm³/mol. The van der Waals surface area contributed by atoms with Gasteiger partial charge < -0.3 is 0 Å². The van der Waals surface area contributed by atoms with Crippen LogP contribution in [0.25, 0.3) is 10.1 Å². The van der Waals surface area contributed by atoms with E-state index in [1.807, 2.05) is 20.8 Å². The minimum absolute atomic E-state index is 1.09. The smallest absolute Gasteiger partial charge is 0.0256 e. The molecule has 0 radical (unpaired) electrons. The molecule has 1 aliphatic rings.